The number of ether oxygens (including phenoxy) is 2. The third-order valence-corrected chi connectivity index (χ3v) is 3.14. The molecule has 0 bridgehead atoms. The Morgan fingerprint density at radius 2 is 1.80 bits per heavy atom. The first kappa shape index (κ1) is 14.6. The first-order valence-electron chi connectivity index (χ1n) is 5.50. The molecule has 0 radical (unpaired) electrons. The van der Waals surface area contributed by atoms with Crippen LogP contribution in [0.25, 0.3) is 0 Å². The summed E-state index contributed by atoms with van der Waals surface area (Å²) in [5, 5.41) is 0. The Balaban J connectivity index is 2.27. The second kappa shape index (κ2) is 5.70. The molecule has 2 rings (SSSR count). The van der Waals surface area contributed by atoms with Crippen LogP contribution < -0.4 is 9.47 Å². The lowest BCUT2D eigenvalue weighted by Crippen LogP contribution is -2.17. The van der Waals surface area contributed by atoms with Gasteiger partial charge in [-0.2, -0.15) is 0 Å². The smallest absolute Gasteiger partial charge is 0.435 e. The molecule has 2 aromatic rings. The predicted molar refractivity (Wildman–Crippen MR) is 69.9 cm³/mol. The highest BCUT2D eigenvalue weighted by Gasteiger charge is 2.32. The van der Waals surface area contributed by atoms with Crippen molar-refractivity contribution in [1.82, 2.24) is 4.98 Å². The Hall–Kier alpha value is -1.76. The van der Waals surface area contributed by atoms with Gasteiger partial charge in [-0.15, -0.1) is 13.2 Å². The zero-order valence-electron chi connectivity index (χ0n) is 10.2. The second-order valence-corrected chi connectivity index (χ2v) is 4.72. The van der Waals surface area contributed by atoms with Gasteiger partial charge in [0.1, 0.15) is 0 Å². The predicted octanol–water partition coefficient (Wildman–Crippen LogP) is 4.84. The molecule has 0 fully saturated rings. The number of hydrogen-bond donors (Lipinski definition) is 0. The Labute approximate surface area is 121 Å². The summed E-state index contributed by atoms with van der Waals surface area (Å²) >= 11 is 3.28. The first-order chi connectivity index (χ1) is 9.35. The zero-order valence-corrected chi connectivity index (χ0v) is 11.8. The summed E-state index contributed by atoms with van der Waals surface area (Å²) in [7, 11) is 0. The Bertz CT molecular complexity index is 617. The van der Waals surface area contributed by atoms with Gasteiger partial charge in [0.15, 0.2) is 11.5 Å². The van der Waals surface area contributed by atoms with Crippen molar-refractivity contribution in [2.45, 2.75) is 13.3 Å². The fraction of sp³-hybridized carbons (Fsp3) is 0.154. The van der Waals surface area contributed by atoms with Crippen LogP contribution in [0.5, 0.6) is 17.4 Å². The van der Waals surface area contributed by atoms with Crippen LogP contribution in [0, 0.1) is 6.92 Å². The standard InChI is InChI=1S/C13H9BrF3NO2/c1-8-6-12(18-7-9(8)14)19-10-4-2-3-5-11(10)20-13(15,16)17/h2-7H,1H3. The summed E-state index contributed by atoms with van der Waals surface area (Å²) in [6.07, 6.45) is -3.26. The number of hydrogen-bond acceptors (Lipinski definition) is 3. The van der Waals surface area contributed by atoms with Gasteiger partial charge in [0.05, 0.1) is 0 Å². The summed E-state index contributed by atoms with van der Waals surface area (Å²) < 4.78 is 46.8. The van der Waals surface area contributed by atoms with Crippen molar-refractivity contribution in [2.75, 3.05) is 0 Å². The molecule has 0 N–H and O–H groups in total. The molecule has 7 heteroatoms. The summed E-state index contributed by atoms with van der Waals surface area (Å²) in [5.74, 6) is -0.287. The zero-order chi connectivity index (χ0) is 14.8. The lowest BCUT2D eigenvalue weighted by molar-refractivity contribution is -0.275. The minimum atomic E-state index is -4.78. The summed E-state index contributed by atoms with van der Waals surface area (Å²) in [5.41, 5.74) is 0.851. The Morgan fingerprint density at radius 3 is 2.40 bits per heavy atom. The molecule has 3 nitrogen and oxygen atoms in total. The molecule has 0 amide bonds. The van der Waals surface area contributed by atoms with E-state index < -0.39 is 12.1 Å². The number of halogens is 4. The average molecular weight is 348 g/mol. The van der Waals surface area contributed by atoms with E-state index in [1.54, 1.807) is 12.1 Å². The monoisotopic (exact) mass is 347 g/mol. The van der Waals surface area contributed by atoms with Crippen molar-refractivity contribution < 1.29 is 22.6 Å². The Morgan fingerprint density at radius 1 is 1.15 bits per heavy atom. The molecular weight excluding hydrogens is 339 g/mol. The van der Waals surface area contributed by atoms with E-state index in [0.717, 1.165) is 10.0 Å². The molecule has 1 aromatic carbocycles. The number of aryl methyl sites for hydroxylation is 1. The van der Waals surface area contributed by atoms with Gasteiger partial charge in [-0.25, -0.2) is 4.98 Å². The minimum absolute atomic E-state index is 0.0564. The molecule has 1 heterocycles. The van der Waals surface area contributed by atoms with Crippen LogP contribution in [0.15, 0.2) is 41.0 Å². The van der Waals surface area contributed by atoms with E-state index in [4.69, 9.17) is 4.74 Å². The topological polar surface area (TPSA) is 31.4 Å². The van der Waals surface area contributed by atoms with E-state index in [1.165, 1.54) is 24.4 Å². The number of alkyl halides is 3. The van der Waals surface area contributed by atoms with Gasteiger partial charge in [-0.05, 0) is 40.5 Å². The van der Waals surface area contributed by atoms with E-state index in [9.17, 15) is 13.2 Å². The third-order valence-electron chi connectivity index (χ3n) is 2.31. The van der Waals surface area contributed by atoms with Crippen molar-refractivity contribution in [2.24, 2.45) is 0 Å². The quantitative estimate of drug-likeness (QED) is 0.795. The maximum absolute atomic E-state index is 12.3. The van der Waals surface area contributed by atoms with Crippen molar-refractivity contribution in [3.05, 3.63) is 46.6 Å². The molecule has 0 aliphatic carbocycles. The molecule has 0 saturated carbocycles. The number of benzene rings is 1. The van der Waals surface area contributed by atoms with Crippen molar-refractivity contribution in [3.8, 4) is 17.4 Å². The van der Waals surface area contributed by atoms with Gasteiger partial charge in [0, 0.05) is 16.7 Å². The van der Waals surface area contributed by atoms with E-state index in [1.807, 2.05) is 6.92 Å². The van der Waals surface area contributed by atoms with Crippen LogP contribution in [0.3, 0.4) is 0 Å². The van der Waals surface area contributed by atoms with Crippen LogP contribution in [-0.4, -0.2) is 11.3 Å². The maximum Gasteiger partial charge on any atom is 0.573 e. The highest BCUT2D eigenvalue weighted by molar-refractivity contribution is 9.10. The molecule has 0 aliphatic rings. The maximum atomic E-state index is 12.3. The van der Waals surface area contributed by atoms with Crippen molar-refractivity contribution in [1.29, 1.82) is 0 Å². The van der Waals surface area contributed by atoms with Gasteiger partial charge in [-0.3, -0.25) is 0 Å². The molecule has 1 aromatic heterocycles. The highest BCUT2D eigenvalue weighted by atomic mass is 79.9. The normalized spacial score (nSPS) is 11.2. The summed E-state index contributed by atoms with van der Waals surface area (Å²) in [4.78, 5) is 3.97. The first-order valence-corrected chi connectivity index (χ1v) is 6.29. The van der Waals surface area contributed by atoms with Crippen LogP contribution in [0.2, 0.25) is 0 Å². The number of pyridine rings is 1. The van der Waals surface area contributed by atoms with E-state index >= 15 is 0 Å². The third kappa shape index (κ3) is 3.86. The van der Waals surface area contributed by atoms with E-state index in [-0.39, 0.29) is 11.6 Å². The average Bonchev–Trinajstić information content (AvgIpc) is 2.34. The molecule has 0 aliphatic heterocycles. The minimum Gasteiger partial charge on any atom is -0.435 e. The molecule has 0 atom stereocenters. The molecule has 106 valence electrons. The molecule has 20 heavy (non-hydrogen) atoms. The lowest BCUT2D eigenvalue weighted by atomic mass is 10.3. The van der Waals surface area contributed by atoms with Crippen molar-refractivity contribution >= 4 is 15.9 Å². The van der Waals surface area contributed by atoms with Crippen LogP contribution >= 0.6 is 15.9 Å². The molecule has 0 saturated heterocycles. The Kier molecular flexibility index (Phi) is 4.17. The SMILES string of the molecule is Cc1cc(Oc2ccccc2OC(F)(F)F)ncc1Br. The van der Waals surface area contributed by atoms with Crippen LogP contribution in [-0.2, 0) is 0 Å². The molecular formula is C13H9BrF3NO2. The largest absolute Gasteiger partial charge is 0.573 e. The summed E-state index contributed by atoms with van der Waals surface area (Å²) in [6.45, 7) is 1.82. The summed E-state index contributed by atoms with van der Waals surface area (Å²) in [6, 6.07) is 7.13. The molecule has 0 spiro atoms. The second-order valence-electron chi connectivity index (χ2n) is 3.87. The molecule has 0 unspecified atom stereocenters. The number of para-hydroxylation sites is 2. The van der Waals surface area contributed by atoms with Gasteiger partial charge >= 0.3 is 6.36 Å². The lowest BCUT2D eigenvalue weighted by Gasteiger charge is -2.13. The van der Waals surface area contributed by atoms with Gasteiger partial charge in [0.2, 0.25) is 5.88 Å². The fourth-order valence-electron chi connectivity index (χ4n) is 1.43. The number of nitrogens with zero attached hydrogens (tertiary/aromatic N) is 1. The van der Waals surface area contributed by atoms with Crippen LogP contribution in [0.1, 0.15) is 5.56 Å². The number of rotatable bonds is 3. The van der Waals surface area contributed by atoms with E-state index in [0.29, 0.717) is 0 Å². The highest BCUT2D eigenvalue weighted by Crippen LogP contribution is 2.34. The fourth-order valence-corrected chi connectivity index (χ4v) is 1.64. The van der Waals surface area contributed by atoms with E-state index in [2.05, 4.69) is 25.7 Å². The number of aromatic nitrogens is 1. The van der Waals surface area contributed by atoms with Gasteiger partial charge < -0.3 is 9.47 Å². The van der Waals surface area contributed by atoms with Crippen molar-refractivity contribution in [3.63, 3.8) is 0 Å². The van der Waals surface area contributed by atoms with Gasteiger partial charge in [0.25, 0.3) is 0 Å². The van der Waals surface area contributed by atoms with Crippen LogP contribution in [0.4, 0.5) is 13.2 Å². The van der Waals surface area contributed by atoms with Gasteiger partial charge in [-0.1, -0.05) is 12.1 Å².